The van der Waals surface area contributed by atoms with Crippen molar-refractivity contribution in [2.75, 3.05) is 0 Å². The number of carbonyl (C=O) groups excluding carboxylic acids is 1. The average molecular weight is 457 g/mol. The molecule has 0 saturated carbocycles. The standard InChI is InChI=1S/C22H17ClN2O3S2/c1-14-2-7-21(18(23)10-14)30(27,28)17-5-3-15(4-6-17)12-25-22(26)19-11-16-8-9-24-13-20(16)29-19/h2-11,13H,12H2,1H3,(H,25,26). The van der Waals surface area contributed by atoms with Gasteiger partial charge in [0.15, 0.2) is 0 Å². The predicted octanol–water partition coefficient (Wildman–Crippen LogP) is 5.02. The number of carbonyl (C=O) groups is 1. The Bertz CT molecular complexity index is 1310. The molecule has 30 heavy (non-hydrogen) atoms. The van der Waals surface area contributed by atoms with Crippen LogP contribution < -0.4 is 5.32 Å². The van der Waals surface area contributed by atoms with Crippen LogP contribution in [-0.2, 0) is 16.4 Å². The van der Waals surface area contributed by atoms with E-state index in [1.165, 1.54) is 29.5 Å². The molecule has 0 fully saturated rings. The Labute approximate surface area is 183 Å². The molecule has 0 aliphatic carbocycles. The molecule has 0 atom stereocenters. The molecule has 0 radical (unpaired) electrons. The molecule has 0 unspecified atom stereocenters. The lowest BCUT2D eigenvalue weighted by molar-refractivity contribution is 0.0955. The van der Waals surface area contributed by atoms with Crippen molar-refractivity contribution in [3.05, 3.63) is 88.0 Å². The largest absolute Gasteiger partial charge is 0.347 e. The summed E-state index contributed by atoms with van der Waals surface area (Å²) in [5, 5.41) is 4.04. The lowest BCUT2D eigenvalue weighted by Crippen LogP contribution is -2.21. The van der Waals surface area contributed by atoms with Gasteiger partial charge in [-0.2, -0.15) is 0 Å². The zero-order chi connectivity index (χ0) is 21.3. The zero-order valence-corrected chi connectivity index (χ0v) is 18.3. The number of nitrogens with zero attached hydrogens (tertiary/aromatic N) is 1. The number of aryl methyl sites for hydroxylation is 1. The highest BCUT2D eigenvalue weighted by atomic mass is 35.5. The van der Waals surface area contributed by atoms with E-state index in [-0.39, 0.29) is 27.3 Å². The van der Waals surface area contributed by atoms with Crippen LogP contribution in [0, 0.1) is 6.92 Å². The maximum atomic E-state index is 12.9. The second-order valence-electron chi connectivity index (χ2n) is 6.79. The predicted molar refractivity (Wildman–Crippen MR) is 119 cm³/mol. The minimum absolute atomic E-state index is 0.0788. The molecule has 0 spiro atoms. The summed E-state index contributed by atoms with van der Waals surface area (Å²) >= 11 is 7.52. The van der Waals surface area contributed by atoms with Crippen molar-refractivity contribution in [1.29, 1.82) is 0 Å². The first-order valence-electron chi connectivity index (χ1n) is 9.06. The van der Waals surface area contributed by atoms with Gasteiger partial charge in [-0.25, -0.2) is 8.42 Å². The average Bonchev–Trinajstić information content (AvgIpc) is 3.16. The van der Waals surface area contributed by atoms with Gasteiger partial charge in [-0.05, 0) is 59.8 Å². The van der Waals surface area contributed by atoms with E-state index in [9.17, 15) is 13.2 Å². The van der Waals surface area contributed by atoms with Gasteiger partial charge in [0.1, 0.15) is 0 Å². The number of halogens is 1. The fraction of sp³-hybridized carbons (Fsp3) is 0.0909. The summed E-state index contributed by atoms with van der Waals surface area (Å²) in [6, 6.07) is 15.0. The molecule has 0 aliphatic heterocycles. The van der Waals surface area contributed by atoms with Crippen molar-refractivity contribution in [3.63, 3.8) is 0 Å². The molecule has 152 valence electrons. The Hall–Kier alpha value is -2.74. The third-order valence-electron chi connectivity index (χ3n) is 4.61. The van der Waals surface area contributed by atoms with E-state index in [2.05, 4.69) is 10.3 Å². The summed E-state index contributed by atoms with van der Waals surface area (Å²) in [6.45, 7) is 2.14. The summed E-state index contributed by atoms with van der Waals surface area (Å²) in [5.41, 5.74) is 1.68. The number of thiophene rings is 1. The van der Waals surface area contributed by atoms with Crippen LogP contribution in [0.5, 0.6) is 0 Å². The number of pyridine rings is 1. The molecule has 0 aliphatic rings. The van der Waals surface area contributed by atoms with Gasteiger partial charge in [-0.3, -0.25) is 9.78 Å². The van der Waals surface area contributed by atoms with E-state index in [1.54, 1.807) is 36.7 Å². The van der Waals surface area contributed by atoms with Gasteiger partial charge >= 0.3 is 0 Å². The zero-order valence-electron chi connectivity index (χ0n) is 15.9. The van der Waals surface area contributed by atoms with Crippen molar-refractivity contribution < 1.29 is 13.2 Å². The Kier molecular flexibility index (Phi) is 5.60. The highest BCUT2D eigenvalue weighted by Crippen LogP contribution is 2.28. The van der Waals surface area contributed by atoms with Gasteiger partial charge in [0, 0.05) is 18.9 Å². The normalized spacial score (nSPS) is 11.5. The molecule has 2 aromatic heterocycles. The molecule has 0 bridgehead atoms. The number of nitrogens with one attached hydrogen (secondary N) is 1. The second-order valence-corrected chi connectivity index (χ2v) is 10.2. The molecule has 8 heteroatoms. The Morgan fingerprint density at radius 2 is 1.87 bits per heavy atom. The van der Waals surface area contributed by atoms with E-state index < -0.39 is 9.84 Å². The first-order valence-corrected chi connectivity index (χ1v) is 11.7. The van der Waals surface area contributed by atoms with Gasteiger partial charge in [-0.15, -0.1) is 11.3 Å². The van der Waals surface area contributed by atoms with Gasteiger partial charge in [-0.1, -0.05) is 29.8 Å². The second kappa shape index (κ2) is 8.18. The molecule has 5 nitrogen and oxygen atoms in total. The summed E-state index contributed by atoms with van der Waals surface area (Å²) in [7, 11) is -3.72. The fourth-order valence-electron chi connectivity index (χ4n) is 3.00. The van der Waals surface area contributed by atoms with E-state index in [1.807, 2.05) is 19.1 Å². The minimum Gasteiger partial charge on any atom is -0.347 e. The molecule has 1 amide bonds. The van der Waals surface area contributed by atoms with Gasteiger partial charge in [0.05, 0.1) is 24.4 Å². The topological polar surface area (TPSA) is 76.1 Å². The van der Waals surface area contributed by atoms with Crippen LogP contribution in [-0.4, -0.2) is 19.3 Å². The lowest BCUT2D eigenvalue weighted by Gasteiger charge is -2.09. The van der Waals surface area contributed by atoms with Crippen LogP contribution in [0.15, 0.2) is 76.8 Å². The molecule has 1 N–H and O–H groups in total. The van der Waals surface area contributed by atoms with E-state index in [0.717, 1.165) is 21.2 Å². The SMILES string of the molecule is Cc1ccc(S(=O)(=O)c2ccc(CNC(=O)c3cc4ccncc4s3)cc2)c(Cl)c1. The Balaban J connectivity index is 1.47. The summed E-state index contributed by atoms with van der Waals surface area (Å²) in [5.74, 6) is -0.181. The number of fused-ring (bicyclic) bond motifs is 1. The molecular weight excluding hydrogens is 440 g/mol. The third-order valence-corrected chi connectivity index (χ3v) is 7.95. The lowest BCUT2D eigenvalue weighted by atomic mass is 10.2. The van der Waals surface area contributed by atoms with Crippen LogP contribution >= 0.6 is 22.9 Å². The smallest absolute Gasteiger partial charge is 0.261 e. The number of hydrogen-bond acceptors (Lipinski definition) is 5. The van der Waals surface area contributed by atoms with Crippen molar-refractivity contribution in [2.45, 2.75) is 23.3 Å². The van der Waals surface area contributed by atoms with Gasteiger partial charge < -0.3 is 5.32 Å². The first-order chi connectivity index (χ1) is 14.3. The maximum absolute atomic E-state index is 12.9. The van der Waals surface area contributed by atoms with Gasteiger partial charge in [0.2, 0.25) is 9.84 Å². The quantitative estimate of drug-likeness (QED) is 0.457. The summed E-state index contributed by atoms with van der Waals surface area (Å²) in [6.07, 6.45) is 3.42. The van der Waals surface area contributed by atoms with Crippen molar-refractivity contribution in [2.24, 2.45) is 0 Å². The van der Waals surface area contributed by atoms with Gasteiger partial charge in [0.25, 0.3) is 5.91 Å². The number of benzene rings is 2. The number of hydrogen-bond donors (Lipinski definition) is 1. The monoisotopic (exact) mass is 456 g/mol. The fourth-order valence-corrected chi connectivity index (χ4v) is 5.80. The molecule has 4 rings (SSSR count). The number of aromatic nitrogens is 1. The molecule has 2 heterocycles. The number of amides is 1. The number of sulfone groups is 1. The Morgan fingerprint density at radius 1 is 1.10 bits per heavy atom. The van der Waals surface area contributed by atoms with E-state index in [4.69, 9.17) is 11.6 Å². The molecule has 2 aromatic carbocycles. The van der Waals surface area contributed by atoms with Crippen LogP contribution in [0.1, 0.15) is 20.8 Å². The summed E-state index contributed by atoms with van der Waals surface area (Å²) < 4.78 is 26.7. The Morgan fingerprint density at radius 3 is 2.57 bits per heavy atom. The van der Waals surface area contributed by atoms with E-state index in [0.29, 0.717) is 4.88 Å². The van der Waals surface area contributed by atoms with Crippen molar-refractivity contribution in [1.82, 2.24) is 10.3 Å². The van der Waals surface area contributed by atoms with Crippen molar-refractivity contribution >= 4 is 48.8 Å². The summed E-state index contributed by atoms with van der Waals surface area (Å²) in [4.78, 5) is 17.3. The third kappa shape index (κ3) is 4.09. The number of rotatable bonds is 5. The highest BCUT2D eigenvalue weighted by Gasteiger charge is 2.20. The van der Waals surface area contributed by atoms with Crippen LogP contribution in [0.3, 0.4) is 0 Å². The van der Waals surface area contributed by atoms with Crippen LogP contribution in [0.2, 0.25) is 5.02 Å². The van der Waals surface area contributed by atoms with Crippen molar-refractivity contribution in [3.8, 4) is 0 Å². The van der Waals surface area contributed by atoms with Crippen LogP contribution in [0.4, 0.5) is 0 Å². The maximum Gasteiger partial charge on any atom is 0.261 e. The molecule has 4 aromatic rings. The molecule has 0 saturated heterocycles. The van der Waals surface area contributed by atoms with Crippen LogP contribution in [0.25, 0.3) is 10.1 Å². The first kappa shape index (κ1) is 20.5. The van der Waals surface area contributed by atoms with E-state index >= 15 is 0 Å². The highest BCUT2D eigenvalue weighted by molar-refractivity contribution is 7.91. The minimum atomic E-state index is -3.72. The molecular formula is C22H17ClN2O3S2.